The van der Waals surface area contributed by atoms with Gasteiger partial charge in [0, 0.05) is 25.0 Å². The van der Waals surface area contributed by atoms with Crippen molar-refractivity contribution in [2.24, 2.45) is 5.41 Å². The lowest BCUT2D eigenvalue weighted by molar-refractivity contribution is 0.0594. The Morgan fingerprint density at radius 3 is 2.80 bits per heavy atom. The van der Waals surface area contributed by atoms with Crippen molar-refractivity contribution in [3.05, 3.63) is 46.1 Å². The van der Waals surface area contributed by atoms with E-state index in [1.165, 1.54) is 18.4 Å². The molecule has 2 aromatic heterocycles. The predicted molar refractivity (Wildman–Crippen MR) is 96.6 cm³/mol. The summed E-state index contributed by atoms with van der Waals surface area (Å²) in [5, 5.41) is 0. The van der Waals surface area contributed by atoms with Crippen molar-refractivity contribution in [3.63, 3.8) is 0 Å². The number of carbonyl (C=O) groups is 1. The predicted octanol–water partition coefficient (Wildman–Crippen LogP) is 2.81. The third-order valence-electron chi connectivity index (χ3n) is 5.32. The topological polar surface area (TPSA) is 68.2 Å². The van der Waals surface area contributed by atoms with E-state index in [-0.39, 0.29) is 5.69 Å². The van der Waals surface area contributed by atoms with Gasteiger partial charge in [-0.25, -0.2) is 14.8 Å². The van der Waals surface area contributed by atoms with E-state index in [4.69, 9.17) is 4.74 Å². The largest absolute Gasteiger partial charge is 0.464 e. The standard InChI is InChI=1S/C18H19BrN4O2/c1-25-17(24)15-16(21-11-14(19)22-15)23-7-4-18(5-8-23)9-12-3-2-6-20-13(12)10-18/h2-3,6,11H,4-5,7-10H2,1H3. The van der Waals surface area contributed by atoms with E-state index in [0.717, 1.165) is 38.8 Å². The van der Waals surface area contributed by atoms with Gasteiger partial charge < -0.3 is 9.64 Å². The number of anilines is 1. The molecule has 7 heteroatoms. The van der Waals surface area contributed by atoms with Crippen molar-refractivity contribution >= 4 is 27.7 Å². The molecule has 1 spiro atoms. The van der Waals surface area contributed by atoms with Crippen LogP contribution in [0.4, 0.5) is 5.82 Å². The summed E-state index contributed by atoms with van der Waals surface area (Å²) < 4.78 is 5.39. The minimum atomic E-state index is -0.457. The van der Waals surface area contributed by atoms with Crippen LogP contribution in [0, 0.1) is 5.41 Å². The molecule has 0 bridgehead atoms. The molecule has 0 atom stereocenters. The van der Waals surface area contributed by atoms with Crippen LogP contribution in [-0.2, 0) is 17.6 Å². The van der Waals surface area contributed by atoms with E-state index in [0.29, 0.717) is 15.8 Å². The van der Waals surface area contributed by atoms with E-state index >= 15 is 0 Å². The van der Waals surface area contributed by atoms with Crippen LogP contribution in [-0.4, -0.2) is 41.1 Å². The summed E-state index contributed by atoms with van der Waals surface area (Å²) in [5.74, 6) is 0.153. The quantitative estimate of drug-likeness (QED) is 0.719. The molecule has 3 heterocycles. The number of hydrogen-bond acceptors (Lipinski definition) is 6. The number of hydrogen-bond donors (Lipinski definition) is 0. The van der Waals surface area contributed by atoms with E-state index in [1.807, 2.05) is 12.3 Å². The van der Waals surface area contributed by atoms with E-state index in [2.05, 4.69) is 41.8 Å². The number of esters is 1. The summed E-state index contributed by atoms with van der Waals surface area (Å²) >= 11 is 3.28. The van der Waals surface area contributed by atoms with Crippen LogP contribution in [0.3, 0.4) is 0 Å². The van der Waals surface area contributed by atoms with Gasteiger partial charge in [0.1, 0.15) is 4.60 Å². The maximum absolute atomic E-state index is 12.0. The van der Waals surface area contributed by atoms with Gasteiger partial charge >= 0.3 is 5.97 Å². The first-order valence-corrected chi connectivity index (χ1v) is 9.18. The van der Waals surface area contributed by atoms with Crippen molar-refractivity contribution in [1.29, 1.82) is 0 Å². The van der Waals surface area contributed by atoms with Crippen molar-refractivity contribution in [2.45, 2.75) is 25.7 Å². The molecule has 0 N–H and O–H groups in total. The Labute approximate surface area is 154 Å². The summed E-state index contributed by atoms with van der Waals surface area (Å²) in [4.78, 5) is 27.4. The maximum atomic E-state index is 12.0. The second-order valence-electron chi connectivity index (χ2n) is 6.81. The van der Waals surface area contributed by atoms with E-state index in [1.54, 1.807) is 6.20 Å². The minimum absolute atomic E-state index is 0.268. The highest BCUT2D eigenvalue weighted by atomic mass is 79.9. The summed E-state index contributed by atoms with van der Waals surface area (Å²) in [5.41, 5.74) is 3.19. The molecule has 0 saturated carbocycles. The summed E-state index contributed by atoms with van der Waals surface area (Å²) in [7, 11) is 1.36. The Bertz CT molecular complexity index is 791. The van der Waals surface area contributed by atoms with Gasteiger partial charge in [-0.05, 0) is 58.7 Å². The Morgan fingerprint density at radius 2 is 2.08 bits per heavy atom. The Kier molecular flexibility index (Phi) is 4.19. The molecule has 0 amide bonds. The van der Waals surface area contributed by atoms with Gasteiger partial charge in [-0.15, -0.1) is 0 Å². The van der Waals surface area contributed by atoms with Crippen LogP contribution in [0.25, 0.3) is 0 Å². The van der Waals surface area contributed by atoms with Crippen molar-refractivity contribution in [1.82, 2.24) is 15.0 Å². The number of fused-ring (bicyclic) bond motifs is 1. The normalized spacial score (nSPS) is 18.2. The number of aromatic nitrogens is 3. The van der Waals surface area contributed by atoms with Crippen molar-refractivity contribution in [3.8, 4) is 0 Å². The van der Waals surface area contributed by atoms with Gasteiger partial charge in [-0.1, -0.05) is 6.07 Å². The molecule has 0 radical (unpaired) electrons. The lowest BCUT2D eigenvalue weighted by Gasteiger charge is -2.40. The minimum Gasteiger partial charge on any atom is -0.464 e. The molecule has 2 aromatic rings. The first-order valence-electron chi connectivity index (χ1n) is 8.39. The summed E-state index contributed by atoms with van der Waals surface area (Å²) in [6.45, 7) is 1.71. The zero-order valence-corrected chi connectivity index (χ0v) is 15.6. The molecule has 0 unspecified atom stereocenters. The number of piperidine rings is 1. The maximum Gasteiger partial charge on any atom is 0.360 e. The Morgan fingerprint density at radius 1 is 1.28 bits per heavy atom. The van der Waals surface area contributed by atoms with Crippen LogP contribution in [0.15, 0.2) is 29.1 Å². The van der Waals surface area contributed by atoms with Crippen LogP contribution in [0.1, 0.15) is 34.6 Å². The molecule has 1 fully saturated rings. The molecule has 25 heavy (non-hydrogen) atoms. The van der Waals surface area contributed by atoms with Crippen molar-refractivity contribution in [2.75, 3.05) is 25.1 Å². The lowest BCUT2D eigenvalue weighted by atomic mass is 9.76. The molecule has 130 valence electrons. The first kappa shape index (κ1) is 16.4. The monoisotopic (exact) mass is 402 g/mol. The molecule has 0 aromatic carbocycles. The number of rotatable bonds is 2. The fourth-order valence-electron chi connectivity index (χ4n) is 3.99. The molecule has 1 aliphatic heterocycles. The number of pyridine rings is 1. The zero-order chi connectivity index (χ0) is 17.4. The zero-order valence-electron chi connectivity index (χ0n) is 14.0. The Balaban J connectivity index is 1.53. The third kappa shape index (κ3) is 3.01. The van der Waals surface area contributed by atoms with Gasteiger partial charge in [-0.3, -0.25) is 4.98 Å². The SMILES string of the molecule is COC(=O)c1nc(Br)cnc1N1CCC2(CC1)Cc1cccnc1C2. The van der Waals surface area contributed by atoms with E-state index in [9.17, 15) is 4.79 Å². The molecule has 1 saturated heterocycles. The average Bonchev–Trinajstić information content (AvgIpc) is 2.99. The van der Waals surface area contributed by atoms with Gasteiger partial charge in [0.2, 0.25) is 0 Å². The average molecular weight is 403 g/mol. The van der Waals surface area contributed by atoms with Gasteiger partial charge in [0.05, 0.1) is 13.3 Å². The van der Waals surface area contributed by atoms with Gasteiger partial charge in [0.25, 0.3) is 0 Å². The number of nitrogens with zero attached hydrogens (tertiary/aromatic N) is 4. The van der Waals surface area contributed by atoms with Crippen LogP contribution < -0.4 is 4.90 Å². The number of carbonyl (C=O) groups excluding carboxylic acids is 1. The molecule has 2 aliphatic rings. The second-order valence-corrected chi connectivity index (χ2v) is 7.62. The van der Waals surface area contributed by atoms with Gasteiger partial charge in [-0.2, -0.15) is 0 Å². The van der Waals surface area contributed by atoms with Gasteiger partial charge in [0.15, 0.2) is 11.5 Å². The lowest BCUT2D eigenvalue weighted by Crippen LogP contribution is -2.41. The first-order chi connectivity index (χ1) is 12.1. The van der Waals surface area contributed by atoms with Crippen molar-refractivity contribution < 1.29 is 9.53 Å². The molecular formula is C18H19BrN4O2. The molecule has 1 aliphatic carbocycles. The second kappa shape index (κ2) is 6.37. The smallest absolute Gasteiger partial charge is 0.360 e. The number of methoxy groups -OCH3 is 1. The highest BCUT2D eigenvalue weighted by molar-refractivity contribution is 9.10. The fourth-order valence-corrected chi connectivity index (χ4v) is 4.27. The van der Waals surface area contributed by atoms with E-state index < -0.39 is 5.97 Å². The molecular weight excluding hydrogens is 384 g/mol. The Hall–Kier alpha value is -2.02. The number of ether oxygens (including phenoxy) is 1. The molecule has 6 nitrogen and oxygen atoms in total. The summed E-state index contributed by atoms with van der Waals surface area (Å²) in [6.07, 6.45) is 7.77. The third-order valence-corrected chi connectivity index (χ3v) is 5.70. The summed E-state index contributed by atoms with van der Waals surface area (Å²) in [6, 6.07) is 4.21. The van der Waals surface area contributed by atoms with Crippen LogP contribution in [0.2, 0.25) is 0 Å². The molecule has 4 rings (SSSR count). The highest BCUT2D eigenvalue weighted by Crippen LogP contribution is 2.44. The van der Waals surface area contributed by atoms with Crippen LogP contribution >= 0.6 is 15.9 Å². The van der Waals surface area contributed by atoms with Crippen LogP contribution in [0.5, 0.6) is 0 Å². The number of halogens is 1. The highest BCUT2D eigenvalue weighted by Gasteiger charge is 2.41. The fraction of sp³-hybridized carbons (Fsp3) is 0.444.